The first-order valence-corrected chi connectivity index (χ1v) is 10.2. The molecule has 0 saturated heterocycles. The summed E-state index contributed by atoms with van der Waals surface area (Å²) in [5, 5.41) is 9.21. The maximum atomic E-state index is 13.2. The predicted molar refractivity (Wildman–Crippen MR) is 107 cm³/mol. The van der Waals surface area contributed by atoms with Crippen LogP contribution in [0.4, 0.5) is 0 Å². The maximum absolute atomic E-state index is 13.2. The van der Waals surface area contributed by atoms with E-state index in [2.05, 4.69) is 4.98 Å². The van der Waals surface area contributed by atoms with Crippen molar-refractivity contribution >= 4 is 16.9 Å². The number of pyridine rings is 1. The lowest BCUT2D eigenvalue weighted by molar-refractivity contribution is -0.133. The highest BCUT2D eigenvalue weighted by atomic mass is 32.2. The Kier molecular flexibility index (Phi) is 5.66. The Morgan fingerprint density at radius 1 is 1.07 bits per heavy atom. The summed E-state index contributed by atoms with van der Waals surface area (Å²) in [5.74, 6) is 0.648. The summed E-state index contributed by atoms with van der Waals surface area (Å²) in [6.07, 6.45) is 3.94. The van der Waals surface area contributed by atoms with Crippen molar-refractivity contribution in [3.8, 4) is 11.5 Å². The quantitative estimate of drug-likeness (QED) is 0.499. The van der Waals surface area contributed by atoms with E-state index in [-0.39, 0.29) is 0 Å². The van der Waals surface area contributed by atoms with Gasteiger partial charge in [-0.25, -0.2) is 14.0 Å². The fourth-order valence-electron chi connectivity index (χ4n) is 3.36. The third-order valence-corrected chi connectivity index (χ3v) is 6.22. The van der Waals surface area contributed by atoms with E-state index >= 15 is 0 Å². The Balaban J connectivity index is 1.57. The van der Waals surface area contributed by atoms with E-state index in [1.807, 2.05) is 24.3 Å². The number of carbonyl (C=O) groups excluding carboxylic acids is 1. The van der Waals surface area contributed by atoms with Crippen molar-refractivity contribution < 1.29 is 18.9 Å². The lowest BCUT2D eigenvalue weighted by atomic mass is 9.94. The first-order chi connectivity index (χ1) is 14.2. The van der Waals surface area contributed by atoms with E-state index in [1.165, 1.54) is 0 Å². The van der Waals surface area contributed by atoms with Gasteiger partial charge in [-0.3, -0.25) is 15.0 Å². The molecule has 2 heterocycles. The maximum Gasteiger partial charge on any atom is 0.266 e. The van der Waals surface area contributed by atoms with Crippen LogP contribution in [0.2, 0.25) is 0 Å². The molecule has 1 aliphatic rings. The van der Waals surface area contributed by atoms with Crippen LogP contribution in [0.5, 0.6) is 11.5 Å². The van der Waals surface area contributed by atoms with Gasteiger partial charge in [0.15, 0.2) is 0 Å². The minimum absolute atomic E-state index is 0.428. The van der Waals surface area contributed by atoms with Gasteiger partial charge in [0.1, 0.15) is 28.5 Å². The average Bonchev–Trinajstić information content (AvgIpc) is 2.78. The van der Waals surface area contributed by atoms with Gasteiger partial charge in [0.05, 0.1) is 4.90 Å². The summed E-state index contributed by atoms with van der Waals surface area (Å²) in [4.78, 5) is 16.9. The molecule has 3 aromatic rings. The Labute approximate surface area is 170 Å². The number of nitrogens with one attached hydrogen (secondary N) is 1. The Morgan fingerprint density at radius 2 is 1.76 bits per heavy atom. The summed E-state index contributed by atoms with van der Waals surface area (Å²) < 4.78 is 20.6. The fourth-order valence-corrected chi connectivity index (χ4v) is 4.65. The van der Waals surface area contributed by atoms with Gasteiger partial charge in [-0.2, -0.15) is 0 Å². The molecule has 148 valence electrons. The second kappa shape index (κ2) is 8.52. The highest BCUT2D eigenvalue weighted by Crippen LogP contribution is 2.33. The van der Waals surface area contributed by atoms with Gasteiger partial charge >= 0.3 is 0 Å². The van der Waals surface area contributed by atoms with Crippen molar-refractivity contribution in [3.05, 3.63) is 84.2 Å². The smallest absolute Gasteiger partial charge is 0.266 e. The Bertz CT molecular complexity index is 1030. The van der Waals surface area contributed by atoms with Gasteiger partial charge in [-0.1, -0.05) is 24.3 Å². The molecule has 0 spiro atoms. The molecule has 1 amide bonds. The molecular weight excluding hydrogens is 390 g/mol. The molecule has 1 aromatic heterocycles. The van der Waals surface area contributed by atoms with Crippen LogP contribution in [0.1, 0.15) is 17.2 Å². The summed E-state index contributed by atoms with van der Waals surface area (Å²) in [6.45, 7) is 0.428. The minimum Gasteiger partial charge on any atom is -0.457 e. The number of rotatable bonds is 5. The van der Waals surface area contributed by atoms with Crippen molar-refractivity contribution in [1.29, 1.82) is 0 Å². The summed E-state index contributed by atoms with van der Waals surface area (Å²) in [7, 11) is -1.59. The number of hydrogen-bond acceptors (Lipinski definition) is 5. The molecule has 0 aliphatic carbocycles. The second-order valence-electron chi connectivity index (χ2n) is 6.47. The monoisotopic (exact) mass is 409 g/mol. The number of fused-ring (bicyclic) bond motifs is 1. The van der Waals surface area contributed by atoms with Crippen LogP contribution in [0.25, 0.3) is 0 Å². The molecule has 0 radical (unpaired) electrons. The normalized spacial score (nSPS) is 17.2. The molecule has 8 heteroatoms. The van der Waals surface area contributed by atoms with Crippen LogP contribution < -0.4 is 10.2 Å². The summed E-state index contributed by atoms with van der Waals surface area (Å²) in [6, 6.07) is 17.0. The molecule has 1 aliphatic heterocycles. The van der Waals surface area contributed by atoms with E-state index in [1.54, 1.807) is 58.6 Å². The predicted octanol–water partition coefficient (Wildman–Crippen LogP) is 3.00. The van der Waals surface area contributed by atoms with Crippen molar-refractivity contribution in [2.45, 2.75) is 17.4 Å². The molecule has 0 bridgehead atoms. The van der Waals surface area contributed by atoms with E-state index in [0.717, 1.165) is 11.1 Å². The van der Waals surface area contributed by atoms with E-state index in [0.29, 0.717) is 29.4 Å². The molecule has 0 saturated carbocycles. The molecular formula is C21H19N3O4S. The van der Waals surface area contributed by atoms with Gasteiger partial charge in [-0.15, -0.1) is 0 Å². The van der Waals surface area contributed by atoms with Crippen LogP contribution in [-0.4, -0.2) is 31.2 Å². The lowest BCUT2D eigenvalue weighted by Gasteiger charge is -2.34. The van der Waals surface area contributed by atoms with Crippen molar-refractivity contribution in [2.24, 2.45) is 0 Å². The van der Waals surface area contributed by atoms with Crippen molar-refractivity contribution in [1.82, 2.24) is 14.8 Å². The summed E-state index contributed by atoms with van der Waals surface area (Å²) >= 11 is 0. The van der Waals surface area contributed by atoms with Crippen LogP contribution in [0.3, 0.4) is 0 Å². The average molecular weight is 409 g/mol. The zero-order chi connectivity index (χ0) is 20.2. The third-order valence-electron chi connectivity index (χ3n) is 4.72. The molecule has 29 heavy (non-hydrogen) atoms. The van der Waals surface area contributed by atoms with Gasteiger partial charge in [-0.05, 0) is 53.9 Å². The number of ether oxygens (including phenoxy) is 1. The zero-order valence-electron chi connectivity index (χ0n) is 15.4. The largest absolute Gasteiger partial charge is 0.457 e. The zero-order valence-corrected chi connectivity index (χ0v) is 16.2. The van der Waals surface area contributed by atoms with Gasteiger partial charge in [0, 0.05) is 18.9 Å². The molecule has 2 N–H and O–H groups in total. The number of amides is 1. The first kappa shape index (κ1) is 19.3. The number of aromatic nitrogens is 1. The highest BCUT2D eigenvalue weighted by molar-refractivity contribution is 7.82. The standard InChI is InChI=1S/C21H19N3O4S/c25-21(23-26)20-19-4-2-1-3-15(19)11-14-24(20)29(27)18-7-5-16(6-8-18)28-17-9-12-22-13-10-17/h1-10,12-13,20,26H,11,14H2,(H,23,25). The summed E-state index contributed by atoms with van der Waals surface area (Å²) in [5.41, 5.74) is 3.46. The Hall–Kier alpha value is -3.07. The van der Waals surface area contributed by atoms with Crippen molar-refractivity contribution in [2.75, 3.05) is 6.54 Å². The van der Waals surface area contributed by atoms with Crippen LogP contribution in [0, 0.1) is 0 Å². The van der Waals surface area contributed by atoms with E-state index in [9.17, 15) is 14.2 Å². The van der Waals surface area contributed by atoms with Crippen LogP contribution >= 0.6 is 0 Å². The van der Waals surface area contributed by atoms with E-state index < -0.39 is 22.9 Å². The number of nitrogens with zero attached hydrogens (tertiary/aromatic N) is 2. The topological polar surface area (TPSA) is 91.8 Å². The molecule has 2 aromatic carbocycles. The Morgan fingerprint density at radius 3 is 2.48 bits per heavy atom. The van der Waals surface area contributed by atoms with Crippen LogP contribution in [-0.2, 0) is 22.2 Å². The van der Waals surface area contributed by atoms with Crippen LogP contribution in [0.15, 0.2) is 78.0 Å². The van der Waals surface area contributed by atoms with Crippen molar-refractivity contribution in [3.63, 3.8) is 0 Å². The molecule has 0 fully saturated rings. The van der Waals surface area contributed by atoms with Gasteiger partial charge < -0.3 is 4.74 Å². The fraction of sp³-hybridized carbons (Fsp3) is 0.143. The SMILES string of the molecule is O=C(NO)C1c2ccccc2CCN1S(=O)c1ccc(Oc2ccncc2)cc1. The minimum atomic E-state index is -1.59. The van der Waals surface area contributed by atoms with E-state index in [4.69, 9.17) is 4.74 Å². The second-order valence-corrected chi connectivity index (χ2v) is 7.91. The molecule has 2 unspecified atom stereocenters. The van der Waals surface area contributed by atoms with Gasteiger partial charge in [0.2, 0.25) is 0 Å². The number of carbonyl (C=O) groups is 1. The number of hydroxylamine groups is 1. The molecule has 4 rings (SSSR count). The number of hydrogen-bond donors (Lipinski definition) is 2. The number of benzene rings is 2. The molecule has 2 atom stereocenters. The highest BCUT2D eigenvalue weighted by Gasteiger charge is 2.36. The molecule has 7 nitrogen and oxygen atoms in total. The first-order valence-electron chi connectivity index (χ1n) is 9.05. The van der Waals surface area contributed by atoms with Gasteiger partial charge in [0.25, 0.3) is 5.91 Å². The lowest BCUT2D eigenvalue weighted by Crippen LogP contribution is -2.44. The third kappa shape index (κ3) is 4.04.